The van der Waals surface area contributed by atoms with Crippen molar-refractivity contribution in [2.75, 3.05) is 7.11 Å². The van der Waals surface area contributed by atoms with Crippen molar-refractivity contribution in [3.8, 4) is 0 Å². The molecule has 0 aromatic rings. The minimum atomic E-state index is -0.628. The third-order valence-corrected chi connectivity index (χ3v) is 2.07. The van der Waals surface area contributed by atoms with Crippen molar-refractivity contribution >= 4 is 6.16 Å². The molecule has 0 amide bonds. The molecule has 0 heterocycles. The fourth-order valence-corrected chi connectivity index (χ4v) is 1.35. The Labute approximate surface area is 71.5 Å². The fraction of sp³-hybridized carbons (Fsp3) is 0.875. The summed E-state index contributed by atoms with van der Waals surface area (Å²) in [5, 5.41) is 9.15. The van der Waals surface area contributed by atoms with Crippen molar-refractivity contribution in [3.05, 3.63) is 0 Å². The van der Waals surface area contributed by atoms with Gasteiger partial charge in [0.1, 0.15) is 6.10 Å². The molecule has 0 saturated heterocycles. The Morgan fingerprint density at radius 3 is 2.42 bits per heavy atom. The molecule has 1 fully saturated rings. The second-order valence-corrected chi connectivity index (χ2v) is 3.00. The number of aliphatic hydroxyl groups is 1. The van der Waals surface area contributed by atoms with E-state index in [-0.39, 0.29) is 12.2 Å². The van der Waals surface area contributed by atoms with Crippen LogP contribution in [-0.4, -0.2) is 30.6 Å². The van der Waals surface area contributed by atoms with Crippen LogP contribution < -0.4 is 0 Å². The van der Waals surface area contributed by atoms with E-state index in [1.165, 1.54) is 7.11 Å². The Balaban J connectivity index is 2.21. The van der Waals surface area contributed by atoms with Crippen molar-refractivity contribution in [1.82, 2.24) is 0 Å². The maximum atomic E-state index is 10.7. The van der Waals surface area contributed by atoms with Crippen LogP contribution in [0.3, 0.4) is 0 Å². The van der Waals surface area contributed by atoms with E-state index < -0.39 is 6.16 Å². The van der Waals surface area contributed by atoms with Gasteiger partial charge in [-0.15, -0.1) is 0 Å². The summed E-state index contributed by atoms with van der Waals surface area (Å²) in [5.74, 6) is 0. The number of carbonyl (C=O) groups excluding carboxylic acids is 1. The van der Waals surface area contributed by atoms with E-state index in [4.69, 9.17) is 9.84 Å². The maximum Gasteiger partial charge on any atom is 0.508 e. The van der Waals surface area contributed by atoms with Crippen LogP contribution in [0.5, 0.6) is 0 Å². The van der Waals surface area contributed by atoms with Gasteiger partial charge in [0, 0.05) is 0 Å². The standard InChI is InChI=1S/C8H14O4/c1-11-8(10)12-7-4-2-6(9)3-5-7/h6-7,9H,2-5H2,1H3. The van der Waals surface area contributed by atoms with Crippen molar-refractivity contribution < 1.29 is 19.4 Å². The highest BCUT2D eigenvalue weighted by atomic mass is 16.7. The summed E-state index contributed by atoms with van der Waals surface area (Å²) >= 11 is 0. The highest BCUT2D eigenvalue weighted by Gasteiger charge is 2.22. The minimum absolute atomic E-state index is 0.0687. The number of carbonyl (C=O) groups is 1. The number of methoxy groups -OCH3 is 1. The number of aliphatic hydroxyl groups excluding tert-OH is 1. The van der Waals surface area contributed by atoms with Gasteiger partial charge in [0.25, 0.3) is 0 Å². The summed E-state index contributed by atoms with van der Waals surface area (Å²) in [6, 6.07) is 0. The Bertz CT molecular complexity index is 149. The fourth-order valence-electron chi connectivity index (χ4n) is 1.35. The van der Waals surface area contributed by atoms with E-state index in [0.717, 1.165) is 12.8 Å². The van der Waals surface area contributed by atoms with Crippen molar-refractivity contribution in [1.29, 1.82) is 0 Å². The summed E-state index contributed by atoms with van der Waals surface area (Å²) in [6.07, 6.45) is 1.97. The smallest absolute Gasteiger partial charge is 0.438 e. The molecule has 4 heteroatoms. The quantitative estimate of drug-likeness (QED) is 0.604. The molecule has 0 aromatic carbocycles. The monoisotopic (exact) mass is 174 g/mol. The lowest BCUT2D eigenvalue weighted by Crippen LogP contribution is -2.26. The Morgan fingerprint density at radius 2 is 1.92 bits per heavy atom. The topological polar surface area (TPSA) is 55.8 Å². The molecule has 0 spiro atoms. The van der Waals surface area contributed by atoms with Gasteiger partial charge >= 0.3 is 6.16 Å². The summed E-state index contributed by atoms with van der Waals surface area (Å²) in [4.78, 5) is 10.7. The van der Waals surface area contributed by atoms with Crippen molar-refractivity contribution in [2.24, 2.45) is 0 Å². The van der Waals surface area contributed by atoms with E-state index in [9.17, 15) is 4.79 Å². The average molecular weight is 174 g/mol. The second-order valence-electron chi connectivity index (χ2n) is 3.00. The van der Waals surface area contributed by atoms with Gasteiger partial charge in [0.2, 0.25) is 0 Å². The van der Waals surface area contributed by atoms with Gasteiger partial charge in [-0.2, -0.15) is 0 Å². The zero-order valence-corrected chi connectivity index (χ0v) is 7.16. The Hall–Kier alpha value is -0.770. The predicted octanol–water partition coefficient (Wildman–Crippen LogP) is 1.07. The molecule has 0 bridgehead atoms. The molecule has 1 aliphatic carbocycles. The van der Waals surface area contributed by atoms with E-state index >= 15 is 0 Å². The van der Waals surface area contributed by atoms with Crippen molar-refractivity contribution in [2.45, 2.75) is 37.9 Å². The van der Waals surface area contributed by atoms with Gasteiger partial charge in [0.15, 0.2) is 0 Å². The molecule has 70 valence electrons. The first-order valence-electron chi connectivity index (χ1n) is 4.15. The van der Waals surface area contributed by atoms with Gasteiger partial charge in [-0.25, -0.2) is 4.79 Å². The van der Waals surface area contributed by atoms with Crippen molar-refractivity contribution in [3.63, 3.8) is 0 Å². The van der Waals surface area contributed by atoms with Crippen LogP contribution >= 0.6 is 0 Å². The summed E-state index contributed by atoms with van der Waals surface area (Å²) in [7, 11) is 1.29. The number of hydrogen-bond donors (Lipinski definition) is 1. The van der Waals surface area contributed by atoms with Crippen LogP contribution in [0, 0.1) is 0 Å². The van der Waals surface area contributed by atoms with Gasteiger partial charge in [-0.05, 0) is 25.7 Å². The molecule has 0 unspecified atom stereocenters. The molecule has 0 atom stereocenters. The third kappa shape index (κ3) is 2.70. The molecule has 12 heavy (non-hydrogen) atoms. The largest absolute Gasteiger partial charge is 0.508 e. The van der Waals surface area contributed by atoms with Crippen LogP contribution in [0.15, 0.2) is 0 Å². The number of ether oxygens (including phenoxy) is 2. The van der Waals surface area contributed by atoms with Crippen LogP contribution in [0.1, 0.15) is 25.7 Å². The first-order chi connectivity index (χ1) is 5.72. The highest BCUT2D eigenvalue weighted by molar-refractivity contribution is 5.59. The molecule has 4 nitrogen and oxygen atoms in total. The van der Waals surface area contributed by atoms with E-state index in [1.54, 1.807) is 0 Å². The van der Waals surface area contributed by atoms with Gasteiger partial charge in [0.05, 0.1) is 13.2 Å². The highest BCUT2D eigenvalue weighted by Crippen LogP contribution is 2.21. The molecule has 1 N–H and O–H groups in total. The zero-order chi connectivity index (χ0) is 8.97. The summed E-state index contributed by atoms with van der Waals surface area (Å²) < 4.78 is 9.27. The van der Waals surface area contributed by atoms with E-state index in [0.29, 0.717) is 12.8 Å². The summed E-state index contributed by atoms with van der Waals surface area (Å²) in [5.41, 5.74) is 0. The third-order valence-electron chi connectivity index (χ3n) is 2.07. The van der Waals surface area contributed by atoms with Crippen LogP contribution in [0.25, 0.3) is 0 Å². The molecule has 0 aliphatic heterocycles. The number of hydrogen-bond acceptors (Lipinski definition) is 4. The normalized spacial score (nSPS) is 29.5. The lowest BCUT2D eigenvalue weighted by atomic mass is 9.95. The molecular formula is C8H14O4. The summed E-state index contributed by atoms with van der Waals surface area (Å²) in [6.45, 7) is 0. The first-order valence-corrected chi connectivity index (χ1v) is 4.15. The van der Waals surface area contributed by atoms with Crippen LogP contribution in [0.2, 0.25) is 0 Å². The Kier molecular flexibility index (Phi) is 3.34. The molecule has 1 aliphatic rings. The zero-order valence-electron chi connectivity index (χ0n) is 7.16. The predicted molar refractivity (Wildman–Crippen MR) is 41.8 cm³/mol. The van der Waals surface area contributed by atoms with Gasteiger partial charge in [-0.1, -0.05) is 0 Å². The van der Waals surface area contributed by atoms with Gasteiger partial charge in [-0.3, -0.25) is 0 Å². The molecule has 1 saturated carbocycles. The lowest BCUT2D eigenvalue weighted by molar-refractivity contribution is 0.00142. The number of rotatable bonds is 1. The van der Waals surface area contributed by atoms with E-state index in [2.05, 4.69) is 4.74 Å². The van der Waals surface area contributed by atoms with Crippen LogP contribution in [0.4, 0.5) is 4.79 Å². The van der Waals surface area contributed by atoms with E-state index in [1.807, 2.05) is 0 Å². The second kappa shape index (κ2) is 4.30. The maximum absolute atomic E-state index is 10.7. The molecular weight excluding hydrogens is 160 g/mol. The first kappa shape index (κ1) is 9.32. The molecule has 0 aromatic heterocycles. The average Bonchev–Trinajstić information content (AvgIpc) is 2.09. The lowest BCUT2D eigenvalue weighted by Gasteiger charge is -2.24. The van der Waals surface area contributed by atoms with Gasteiger partial charge < -0.3 is 14.6 Å². The SMILES string of the molecule is COC(=O)OC1CCC(O)CC1. The molecule has 0 radical (unpaired) electrons. The van der Waals surface area contributed by atoms with Crippen LogP contribution in [-0.2, 0) is 9.47 Å². The minimum Gasteiger partial charge on any atom is -0.438 e. The molecule has 1 rings (SSSR count). The Morgan fingerprint density at radius 1 is 1.33 bits per heavy atom.